The highest BCUT2D eigenvalue weighted by Gasteiger charge is 2.53. The SMILES string of the molecule is CN1CCC2(CCCN2C(=O)C2CC(F)(F)C2)CC1. The largest absolute Gasteiger partial charge is 0.337 e. The summed E-state index contributed by atoms with van der Waals surface area (Å²) in [5.74, 6) is -3.03. The Labute approximate surface area is 112 Å². The first-order chi connectivity index (χ1) is 8.92. The normalized spacial score (nSPS) is 30.6. The minimum atomic E-state index is -2.60. The second-order valence-corrected chi connectivity index (χ2v) is 6.58. The van der Waals surface area contributed by atoms with Crippen LogP contribution in [0.25, 0.3) is 0 Å². The number of hydrogen-bond donors (Lipinski definition) is 0. The third-order valence-corrected chi connectivity index (χ3v) is 5.22. The van der Waals surface area contributed by atoms with Gasteiger partial charge in [0.05, 0.1) is 0 Å². The lowest BCUT2D eigenvalue weighted by Crippen LogP contribution is -2.57. The molecule has 1 spiro atoms. The van der Waals surface area contributed by atoms with Gasteiger partial charge in [0.25, 0.3) is 0 Å². The highest BCUT2D eigenvalue weighted by atomic mass is 19.3. The van der Waals surface area contributed by atoms with Crippen LogP contribution in [0.3, 0.4) is 0 Å². The van der Waals surface area contributed by atoms with Crippen LogP contribution in [0.4, 0.5) is 8.78 Å². The number of nitrogens with zero attached hydrogens (tertiary/aromatic N) is 2. The molecule has 1 aliphatic carbocycles. The highest BCUT2D eigenvalue weighted by molar-refractivity contribution is 5.81. The van der Waals surface area contributed by atoms with Gasteiger partial charge in [-0.15, -0.1) is 0 Å². The summed E-state index contributed by atoms with van der Waals surface area (Å²) < 4.78 is 25.9. The molecule has 0 aromatic carbocycles. The molecule has 3 aliphatic rings. The zero-order chi connectivity index (χ0) is 13.7. The Hall–Kier alpha value is -0.710. The Balaban J connectivity index is 1.68. The van der Waals surface area contributed by atoms with E-state index in [2.05, 4.69) is 11.9 Å². The molecular weight excluding hydrogens is 250 g/mol. The fourth-order valence-electron chi connectivity index (χ4n) is 3.89. The maximum absolute atomic E-state index is 12.9. The van der Waals surface area contributed by atoms with Crippen molar-refractivity contribution in [2.75, 3.05) is 26.7 Å². The maximum atomic E-state index is 12.9. The molecule has 19 heavy (non-hydrogen) atoms. The Bertz CT molecular complexity index is 370. The first kappa shape index (κ1) is 13.3. The molecular formula is C14H22F2N2O. The Kier molecular flexibility index (Phi) is 3.08. The lowest BCUT2D eigenvalue weighted by Gasteiger charge is -2.47. The van der Waals surface area contributed by atoms with Gasteiger partial charge in [-0.1, -0.05) is 0 Å². The third-order valence-electron chi connectivity index (χ3n) is 5.22. The number of amides is 1. The summed E-state index contributed by atoms with van der Waals surface area (Å²) in [7, 11) is 2.10. The minimum absolute atomic E-state index is 0.00650. The van der Waals surface area contributed by atoms with Crippen LogP contribution in [0.1, 0.15) is 38.5 Å². The van der Waals surface area contributed by atoms with Crippen molar-refractivity contribution in [3.63, 3.8) is 0 Å². The Morgan fingerprint density at radius 2 is 1.74 bits per heavy atom. The average molecular weight is 272 g/mol. The number of carbonyl (C=O) groups is 1. The number of piperidine rings is 1. The summed E-state index contributed by atoms with van der Waals surface area (Å²) >= 11 is 0. The molecule has 0 bridgehead atoms. The quantitative estimate of drug-likeness (QED) is 0.730. The third kappa shape index (κ3) is 2.26. The molecule has 0 unspecified atom stereocenters. The van der Waals surface area contributed by atoms with E-state index in [1.54, 1.807) is 0 Å². The predicted octanol–water partition coefficient (Wildman–Crippen LogP) is 2.12. The molecule has 0 N–H and O–H groups in total. The van der Waals surface area contributed by atoms with Gasteiger partial charge >= 0.3 is 0 Å². The summed E-state index contributed by atoms with van der Waals surface area (Å²) in [4.78, 5) is 16.7. The van der Waals surface area contributed by atoms with Crippen LogP contribution in [0, 0.1) is 5.92 Å². The molecule has 1 amide bonds. The van der Waals surface area contributed by atoms with Gasteiger partial charge in [-0.05, 0) is 32.7 Å². The first-order valence-electron chi connectivity index (χ1n) is 7.30. The van der Waals surface area contributed by atoms with Gasteiger partial charge in [0.1, 0.15) is 0 Å². The molecule has 0 radical (unpaired) electrons. The van der Waals surface area contributed by atoms with E-state index in [4.69, 9.17) is 0 Å². The molecule has 108 valence electrons. The number of hydrogen-bond acceptors (Lipinski definition) is 2. The van der Waals surface area contributed by atoms with Gasteiger partial charge < -0.3 is 9.80 Å². The van der Waals surface area contributed by atoms with E-state index < -0.39 is 11.8 Å². The Morgan fingerprint density at radius 1 is 1.11 bits per heavy atom. The van der Waals surface area contributed by atoms with Crippen LogP contribution in [0.5, 0.6) is 0 Å². The molecule has 0 atom stereocenters. The molecule has 5 heteroatoms. The van der Waals surface area contributed by atoms with Gasteiger partial charge in [0, 0.05) is 43.9 Å². The van der Waals surface area contributed by atoms with E-state index in [0.29, 0.717) is 0 Å². The molecule has 3 nitrogen and oxygen atoms in total. The first-order valence-corrected chi connectivity index (χ1v) is 7.30. The van der Waals surface area contributed by atoms with Crippen molar-refractivity contribution in [3.05, 3.63) is 0 Å². The molecule has 2 saturated heterocycles. The van der Waals surface area contributed by atoms with E-state index in [9.17, 15) is 13.6 Å². The highest BCUT2D eigenvalue weighted by Crippen LogP contribution is 2.46. The standard InChI is InChI=1S/C14H22F2N2O/c1-17-7-4-13(5-8-17)3-2-6-18(13)12(19)11-9-14(15,16)10-11/h11H,2-10H2,1H3. The van der Waals surface area contributed by atoms with Gasteiger partial charge in [-0.25, -0.2) is 8.78 Å². The van der Waals surface area contributed by atoms with Gasteiger partial charge in [0.15, 0.2) is 0 Å². The van der Waals surface area contributed by atoms with Crippen LogP contribution in [-0.2, 0) is 4.79 Å². The number of rotatable bonds is 1. The number of alkyl halides is 2. The van der Waals surface area contributed by atoms with Crippen molar-refractivity contribution in [2.45, 2.75) is 50.0 Å². The molecule has 1 saturated carbocycles. The summed E-state index contributed by atoms with van der Waals surface area (Å²) in [6, 6.07) is 0. The van der Waals surface area contributed by atoms with Crippen LogP contribution in [0.15, 0.2) is 0 Å². The summed E-state index contributed by atoms with van der Waals surface area (Å²) in [6.07, 6.45) is 3.60. The van der Waals surface area contributed by atoms with Crippen molar-refractivity contribution in [1.82, 2.24) is 9.80 Å². The van der Waals surface area contributed by atoms with E-state index in [1.807, 2.05) is 4.90 Å². The smallest absolute Gasteiger partial charge is 0.249 e. The van der Waals surface area contributed by atoms with Crippen molar-refractivity contribution in [1.29, 1.82) is 0 Å². The van der Waals surface area contributed by atoms with Crippen LogP contribution < -0.4 is 0 Å². The molecule has 3 rings (SSSR count). The second kappa shape index (κ2) is 4.40. The lowest BCUT2D eigenvalue weighted by atomic mass is 9.78. The van der Waals surface area contributed by atoms with Gasteiger partial charge in [-0.2, -0.15) is 0 Å². The Morgan fingerprint density at radius 3 is 2.32 bits per heavy atom. The van der Waals surface area contributed by atoms with Crippen LogP contribution in [-0.4, -0.2) is 53.9 Å². The minimum Gasteiger partial charge on any atom is -0.337 e. The predicted molar refractivity (Wildman–Crippen MR) is 68.1 cm³/mol. The average Bonchev–Trinajstić information content (AvgIpc) is 2.73. The van der Waals surface area contributed by atoms with Crippen molar-refractivity contribution < 1.29 is 13.6 Å². The molecule has 2 heterocycles. The van der Waals surface area contributed by atoms with Crippen LogP contribution >= 0.6 is 0 Å². The van der Waals surface area contributed by atoms with Crippen molar-refractivity contribution in [3.8, 4) is 0 Å². The van der Waals surface area contributed by atoms with E-state index in [-0.39, 0.29) is 24.3 Å². The van der Waals surface area contributed by atoms with E-state index in [0.717, 1.165) is 45.3 Å². The molecule has 3 fully saturated rings. The van der Waals surface area contributed by atoms with Crippen molar-refractivity contribution in [2.24, 2.45) is 5.92 Å². The number of carbonyl (C=O) groups excluding carboxylic acids is 1. The maximum Gasteiger partial charge on any atom is 0.249 e. The summed E-state index contributed by atoms with van der Waals surface area (Å²) in [5.41, 5.74) is -0.0194. The zero-order valence-corrected chi connectivity index (χ0v) is 11.5. The van der Waals surface area contributed by atoms with E-state index in [1.165, 1.54) is 0 Å². The summed E-state index contributed by atoms with van der Waals surface area (Å²) in [6.45, 7) is 2.78. The number of halogens is 2. The number of likely N-dealkylation sites (tertiary alicyclic amines) is 2. The molecule has 2 aliphatic heterocycles. The van der Waals surface area contributed by atoms with Gasteiger partial charge in [-0.3, -0.25) is 4.79 Å². The zero-order valence-electron chi connectivity index (χ0n) is 11.5. The topological polar surface area (TPSA) is 23.6 Å². The van der Waals surface area contributed by atoms with Crippen molar-refractivity contribution >= 4 is 5.91 Å². The fourth-order valence-corrected chi connectivity index (χ4v) is 3.89. The monoisotopic (exact) mass is 272 g/mol. The molecule has 0 aromatic rings. The second-order valence-electron chi connectivity index (χ2n) is 6.58. The summed E-state index contributed by atoms with van der Waals surface area (Å²) in [5, 5.41) is 0. The van der Waals surface area contributed by atoms with Crippen LogP contribution in [0.2, 0.25) is 0 Å². The molecule has 0 aromatic heterocycles. The lowest BCUT2D eigenvalue weighted by molar-refractivity contribution is -0.164. The van der Waals surface area contributed by atoms with Gasteiger partial charge in [0.2, 0.25) is 11.8 Å². The van der Waals surface area contributed by atoms with E-state index >= 15 is 0 Å². The fraction of sp³-hybridized carbons (Fsp3) is 0.929.